The van der Waals surface area contributed by atoms with Gasteiger partial charge in [-0.2, -0.15) is 0 Å². The van der Waals surface area contributed by atoms with Crippen LogP contribution in [0, 0.1) is 17.8 Å². The van der Waals surface area contributed by atoms with Crippen molar-refractivity contribution >= 4 is 13.7 Å². The molecule has 2 radical (unpaired) electrons. The maximum Gasteiger partial charge on any atom is 0.237 e. The summed E-state index contributed by atoms with van der Waals surface area (Å²) >= 11 is 0. The third-order valence-electron chi connectivity index (χ3n) is 5.03. The van der Waals surface area contributed by atoms with Crippen LogP contribution >= 0.6 is 0 Å². The predicted octanol–water partition coefficient (Wildman–Crippen LogP) is 3.03. The van der Waals surface area contributed by atoms with Crippen LogP contribution in [0.3, 0.4) is 0 Å². The standard InChI is InChI=1S/C14H26BNO2/c1-8-9(2)11(4)16(12(5)10(8)3)14(6,7)18-13(15)17/h8-12H,1-7H3/t8?,9-,10+,11-,12+. The second-order valence-corrected chi connectivity index (χ2v) is 6.33. The molecule has 18 heavy (non-hydrogen) atoms. The van der Waals surface area contributed by atoms with E-state index in [1.807, 2.05) is 13.8 Å². The molecule has 0 aromatic rings. The SMILES string of the molecule is [B]C(=O)OC(C)(C)N1[C@H](C)[C@H](C)C(C)[C@H](C)[C@@H]1C. The van der Waals surface area contributed by atoms with E-state index in [0.29, 0.717) is 29.8 Å². The van der Waals surface area contributed by atoms with E-state index < -0.39 is 11.6 Å². The Kier molecular flexibility index (Phi) is 4.53. The van der Waals surface area contributed by atoms with Crippen LogP contribution in [0.1, 0.15) is 48.5 Å². The van der Waals surface area contributed by atoms with E-state index >= 15 is 0 Å². The molecule has 0 aromatic carbocycles. The number of piperidine rings is 1. The quantitative estimate of drug-likeness (QED) is 0.706. The number of carbonyl (C=O) groups excluding carboxylic acids is 1. The van der Waals surface area contributed by atoms with Gasteiger partial charge in [0.2, 0.25) is 13.7 Å². The zero-order valence-electron chi connectivity index (χ0n) is 12.7. The summed E-state index contributed by atoms with van der Waals surface area (Å²) in [5.41, 5.74) is -0.659. The lowest BCUT2D eigenvalue weighted by atomic mass is 9.72. The third kappa shape index (κ3) is 2.74. The van der Waals surface area contributed by atoms with Crippen LogP contribution in [0.2, 0.25) is 0 Å². The second kappa shape index (κ2) is 5.24. The van der Waals surface area contributed by atoms with Crippen molar-refractivity contribution in [2.45, 2.75) is 66.3 Å². The van der Waals surface area contributed by atoms with Crippen LogP contribution in [0.15, 0.2) is 0 Å². The monoisotopic (exact) mass is 251 g/mol. The molecule has 0 N–H and O–H groups in total. The Morgan fingerprint density at radius 2 is 1.39 bits per heavy atom. The van der Waals surface area contributed by atoms with Gasteiger partial charge in [0.25, 0.3) is 0 Å². The van der Waals surface area contributed by atoms with Gasteiger partial charge in [-0.25, -0.2) is 0 Å². The molecule has 0 aromatic heterocycles. The molecule has 0 bridgehead atoms. The fraction of sp³-hybridized carbons (Fsp3) is 0.929. The summed E-state index contributed by atoms with van der Waals surface area (Å²) < 4.78 is 5.31. The third-order valence-corrected chi connectivity index (χ3v) is 5.03. The van der Waals surface area contributed by atoms with Crippen molar-refractivity contribution in [3.63, 3.8) is 0 Å². The average Bonchev–Trinajstić information content (AvgIpc) is 2.21. The van der Waals surface area contributed by atoms with Crippen LogP contribution in [-0.4, -0.2) is 36.4 Å². The van der Waals surface area contributed by atoms with Gasteiger partial charge in [-0.15, -0.1) is 0 Å². The lowest BCUT2D eigenvalue weighted by molar-refractivity contribution is -0.162. The summed E-state index contributed by atoms with van der Waals surface area (Å²) in [4.78, 5) is 13.4. The lowest BCUT2D eigenvalue weighted by Crippen LogP contribution is -2.63. The fourth-order valence-electron chi connectivity index (χ4n) is 3.51. The molecule has 1 heterocycles. The van der Waals surface area contributed by atoms with Gasteiger partial charge in [0.15, 0.2) is 5.72 Å². The first-order chi connectivity index (χ1) is 8.09. The fourth-order valence-corrected chi connectivity index (χ4v) is 3.51. The van der Waals surface area contributed by atoms with Gasteiger partial charge in [-0.05, 0) is 45.4 Å². The summed E-state index contributed by atoms with van der Waals surface area (Å²) in [7, 11) is 5.18. The van der Waals surface area contributed by atoms with Gasteiger partial charge in [0.05, 0.1) is 0 Å². The van der Waals surface area contributed by atoms with Crippen molar-refractivity contribution in [3.8, 4) is 0 Å². The summed E-state index contributed by atoms with van der Waals surface area (Å²) in [6.07, 6.45) is 0. The molecule has 1 aliphatic rings. The van der Waals surface area contributed by atoms with Crippen molar-refractivity contribution in [2.24, 2.45) is 17.8 Å². The molecule has 0 saturated carbocycles. The number of carbonyl (C=O) groups is 1. The molecule has 1 unspecified atom stereocenters. The highest BCUT2D eigenvalue weighted by Crippen LogP contribution is 2.40. The van der Waals surface area contributed by atoms with Crippen LogP contribution in [0.4, 0.5) is 4.79 Å². The first-order valence-corrected chi connectivity index (χ1v) is 6.86. The van der Waals surface area contributed by atoms with Crippen molar-refractivity contribution in [3.05, 3.63) is 0 Å². The zero-order valence-corrected chi connectivity index (χ0v) is 12.7. The van der Waals surface area contributed by atoms with E-state index in [0.717, 1.165) is 0 Å². The average molecular weight is 251 g/mol. The molecule has 1 fully saturated rings. The minimum atomic E-state index is -0.710. The number of rotatable bonds is 2. The van der Waals surface area contributed by atoms with Crippen LogP contribution in [0.5, 0.6) is 0 Å². The van der Waals surface area contributed by atoms with Gasteiger partial charge >= 0.3 is 0 Å². The molecule has 1 saturated heterocycles. The molecule has 4 heteroatoms. The van der Waals surface area contributed by atoms with Crippen LogP contribution in [-0.2, 0) is 4.74 Å². The van der Waals surface area contributed by atoms with Gasteiger partial charge in [0.1, 0.15) is 0 Å². The predicted molar refractivity (Wildman–Crippen MR) is 74.6 cm³/mol. The van der Waals surface area contributed by atoms with E-state index in [-0.39, 0.29) is 0 Å². The maximum atomic E-state index is 11.1. The van der Waals surface area contributed by atoms with E-state index in [9.17, 15) is 4.79 Å². The van der Waals surface area contributed by atoms with Crippen LogP contribution < -0.4 is 0 Å². The highest BCUT2D eigenvalue weighted by molar-refractivity contribution is 6.55. The Labute approximate surface area is 113 Å². The van der Waals surface area contributed by atoms with Gasteiger partial charge < -0.3 is 4.74 Å². The maximum absolute atomic E-state index is 11.1. The minimum absolute atomic E-state index is 0.362. The minimum Gasteiger partial charge on any atom is -0.453 e. The molecular formula is C14H26BNO2. The Balaban J connectivity index is 3.01. The lowest BCUT2D eigenvalue weighted by Gasteiger charge is -2.55. The number of likely N-dealkylation sites (tertiary alicyclic amines) is 1. The number of hydrogen-bond acceptors (Lipinski definition) is 3. The first-order valence-electron chi connectivity index (χ1n) is 6.86. The van der Waals surface area contributed by atoms with E-state index in [1.165, 1.54) is 0 Å². The van der Waals surface area contributed by atoms with Crippen LogP contribution in [0.25, 0.3) is 0 Å². The molecular weight excluding hydrogens is 225 g/mol. The molecule has 1 aliphatic heterocycles. The van der Waals surface area contributed by atoms with Crippen molar-refractivity contribution in [2.75, 3.05) is 0 Å². The zero-order chi connectivity index (χ0) is 14.2. The smallest absolute Gasteiger partial charge is 0.237 e. The molecule has 102 valence electrons. The second-order valence-electron chi connectivity index (χ2n) is 6.33. The summed E-state index contributed by atoms with van der Waals surface area (Å²) in [6.45, 7) is 15.1. The Morgan fingerprint density at radius 1 is 1.00 bits per heavy atom. The first kappa shape index (κ1) is 15.6. The van der Waals surface area contributed by atoms with E-state index in [1.54, 1.807) is 0 Å². The van der Waals surface area contributed by atoms with Gasteiger partial charge in [0, 0.05) is 12.1 Å². The highest BCUT2D eigenvalue weighted by atomic mass is 16.6. The summed E-state index contributed by atoms with van der Waals surface area (Å²) in [6, 6.07) is 0.723. The molecule has 0 spiro atoms. The number of ether oxygens (including phenoxy) is 1. The summed E-state index contributed by atoms with van der Waals surface area (Å²) in [5, 5.41) is 0. The van der Waals surface area contributed by atoms with Crippen molar-refractivity contribution < 1.29 is 9.53 Å². The van der Waals surface area contributed by atoms with Gasteiger partial charge in [-0.1, -0.05) is 20.8 Å². The van der Waals surface area contributed by atoms with E-state index in [4.69, 9.17) is 12.6 Å². The van der Waals surface area contributed by atoms with Gasteiger partial charge in [-0.3, -0.25) is 9.69 Å². The molecule has 3 nitrogen and oxygen atoms in total. The van der Waals surface area contributed by atoms with Crippen molar-refractivity contribution in [1.82, 2.24) is 4.90 Å². The molecule has 0 amide bonds. The molecule has 1 rings (SSSR count). The highest BCUT2D eigenvalue weighted by Gasteiger charge is 2.46. The molecule has 5 atom stereocenters. The topological polar surface area (TPSA) is 29.5 Å². The van der Waals surface area contributed by atoms with E-state index in [2.05, 4.69) is 39.5 Å². The Hall–Kier alpha value is -0.505. The largest absolute Gasteiger partial charge is 0.453 e. The number of hydrogen-bond donors (Lipinski definition) is 0. The summed E-state index contributed by atoms with van der Waals surface area (Å²) in [5.74, 6) is 1.08. The molecule has 0 aliphatic carbocycles. The Morgan fingerprint density at radius 3 is 1.72 bits per heavy atom. The number of nitrogens with zero attached hydrogens (tertiary/aromatic N) is 1. The Bertz CT molecular complexity index is 303. The van der Waals surface area contributed by atoms with Crippen molar-refractivity contribution in [1.29, 1.82) is 0 Å². The normalized spacial score (nSPS) is 38.5.